The van der Waals surface area contributed by atoms with Gasteiger partial charge >= 0.3 is 0 Å². The first-order valence-electron chi connectivity index (χ1n) is 9.44. The van der Waals surface area contributed by atoms with Crippen molar-refractivity contribution in [1.82, 2.24) is 25.4 Å². The molecule has 0 spiro atoms. The minimum absolute atomic E-state index is 0.169. The zero-order valence-corrected chi connectivity index (χ0v) is 15.5. The fraction of sp³-hybridized carbons (Fsp3) is 0.579. The Labute approximate surface area is 154 Å². The largest absolute Gasteiger partial charge is 0.419 e. The lowest BCUT2D eigenvalue weighted by Crippen LogP contribution is -2.50. The van der Waals surface area contributed by atoms with Crippen LogP contribution in [0.4, 0.5) is 0 Å². The fourth-order valence-electron chi connectivity index (χ4n) is 3.48. The average molecular weight is 357 g/mol. The van der Waals surface area contributed by atoms with Gasteiger partial charge in [-0.25, -0.2) is 0 Å². The molecule has 1 aliphatic heterocycles. The van der Waals surface area contributed by atoms with Crippen molar-refractivity contribution in [3.63, 3.8) is 0 Å². The topological polar surface area (TPSA) is 84.2 Å². The predicted octanol–water partition coefficient (Wildman–Crippen LogP) is 2.65. The summed E-state index contributed by atoms with van der Waals surface area (Å²) in [5, 5.41) is 11.5. The van der Waals surface area contributed by atoms with Crippen LogP contribution in [0.15, 0.2) is 28.9 Å². The van der Waals surface area contributed by atoms with Gasteiger partial charge in [0, 0.05) is 37.9 Å². The van der Waals surface area contributed by atoms with Crippen molar-refractivity contribution in [1.29, 1.82) is 0 Å². The van der Waals surface area contributed by atoms with Crippen molar-refractivity contribution < 1.29 is 9.21 Å². The SMILES string of the molecule is CCCC(=O)N[C@H]1CCN(Cc2nnc(-c3cccnc3)o2)C[C@H]1CC. The van der Waals surface area contributed by atoms with Crippen LogP contribution in [0.25, 0.3) is 11.5 Å². The van der Waals surface area contributed by atoms with Gasteiger partial charge < -0.3 is 9.73 Å². The van der Waals surface area contributed by atoms with Crippen molar-refractivity contribution in [3.8, 4) is 11.5 Å². The quantitative estimate of drug-likeness (QED) is 0.820. The highest BCUT2D eigenvalue weighted by Crippen LogP contribution is 2.23. The Morgan fingerprint density at radius 2 is 2.27 bits per heavy atom. The first-order valence-corrected chi connectivity index (χ1v) is 9.44. The van der Waals surface area contributed by atoms with Gasteiger partial charge in [-0.1, -0.05) is 20.3 Å². The Morgan fingerprint density at radius 1 is 1.38 bits per heavy atom. The molecule has 0 bridgehead atoms. The van der Waals surface area contributed by atoms with Gasteiger partial charge in [-0.2, -0.15) is 0 Å². The zero-order valence-electron chi connectivity index (χ0n) is 15.5. The van der Waals surface area contributed by atoms with Crippen molar-refractivity contribution in [2.24, 2.45) is 5.92 Å². The third-order valence-electron chi connectivity index (χ3n) is 4.90. The van der Waals surface area contributed by atoms with Crippen LogP contribution in [-0.2, 0) is 11.3 Å². The van der Waals surface area contributed by atoms with Gasteiger partial charge in [-0.05, 0) is 30.9 Å². The van der Waals surface area contributed by atoms with Crippen molar-refractivity contribution in [3.05, 3.63) is 30.4 Å². The first-order chi connectivity index (χ1) is 12.7. The molecular formula is C19H27N5O2. The number of hydrogen-bond acceptors (Lipinski definition) is 6. The van der Waals surface area contributed by atoms with E-state index in [1.807, 2.05) is 19.1 Å². The monoisotopic (exact) mass is 357 g/mol. The van der Waals surface area contributed by atoms with Gasteiger partial charge in [0.15, 0.2) is 0 Å². The number of hydrogen-bond donors (Lipinski definition) is 1. The summed E-state index contributed by atoms with van der Waals surface area (Å²) < 4.78 is 5.79. The molecule has 7 heteroatoms. The molecule has 140 valence electrons. The number of piperidine rings is 1. The van der Waals surface area contributed by atoms with E-state index in [1.165, 1.54) is 0 Å². The fourth-order valence-corrected chi connectivity index (χ4v) is 3.48. The van der Waals surface area contributed by atoms with E-state index in [0.717, 1.165) is 37.9 Å². The number of carbonyl (C=O) groups excluding carboxylic acids is 1. The third kappa shape index (κ3) is 4.66. The molecule has 0 saturated carbocycles. The molecule has 2 aromatic heterocycles. The maximum atomic E-state index is 11.9. The number of carbonyl (C=O) groups is 1. The summed E-state index contributed by atoms with van der Waals surface area (Å²) in [6.07, 6.45) is 6.92. The molecule has 7 nitrogen and oxygen atoms in total. The Hall–Kier alpha value is -2.28. The van der Waals surface area contributed by atoms with E-state index in [1.54, 1.807) is 12.4 Å². The third-order valence-corrected chi connectivity index (χ3v) is 4.90. The predicted molar refractivity (Wildman–Crippen MR) is 98.0 cm³/mol. The molecule has 26 heavy (non-hydrogen) atoms. The standard InChI is InChI=1S/C19H27N5O2/c1-3-6-17(25)21-16-8-10-24(12-14(16)4-2)13-18-22-23-19(26-18)15-7-5-9-20-11-15/h5,7,9,11,14,16H,3-4,6,8,10,12-13H2,1-2H3,(H,21,25)/t14-,16+/m1/s1. The number of nitrogens with zero attached hydrogens (tertiary/aromatic N) is 4. The molecule has 1 fully saturated rings. The molecule has 2 aromatic rings. The van der Waals surface area contributed by atoms with Crippen LogP contribution in [0.2, 0.25) is 0 Å². The van der Waals surface area contributed by atoms with E-state index in [4.69, 9.17) is 4.42 Å². The summed E-state index contributed by atoms with van der Waals surface area (Å²) in [6.45, 7) is 6.69. The summed E-state index contributed by atoms with van der Waals surface area (Å²) >= 11 is 0. The van der Waals surface area contributed by atoms with Crippen LogP contribution in [0.1, 0.15) is 45.4 Å². The van der Waals surface area contributed by atoms with Gasteiger partial charge in [0.1, 0.15) is 0 Å². The number of rotatable bonds is 7. The van der Waals surface area contributed by atoms with E-state index < -0.39 is 0 Å². The van der Waals surface area contributed by atoms with E-state index in [2.05, 4.69) is 32.3 Å². The lowest BCUT2D eigenvalue weighted by molar-refractivity contribution is -0.122. The highest BCUT2D eigenvalue weighted by molar-refractivity contribution is 5.76. The van der Waals surface area contributed by atoms with Crippen molar-refractivity contribution in [2.75, 3.05) is 13.1 Å². The van der Waals surface area contributed by atoms with E-state index >= 15 is 0 Å². The molecule has 0 aliphatic carbocycles. The van der Waals surface area contributed by atoms with E-state index in [-0.39, 0.29) is 11.9 Å². The van der Waals surface area contributed by atoms with Crippen LogP contribution in [0, 0.1) is 5.92 Å². The second-order valence-corrected chi connectivity index (χ2v) is 6.86. The number of amides is 1. The number of nitrogens with one attached hydrogen (secondary N) is 1. The number of likely N-dealkylation sites (tertiary alicyclic amines) is 1. The maximum absolute atomic E-state index is 11.9. The second kappa shape index (κ2) is 8.89. The smallest absolute Gasteiger partial charge is 0.249 e. The first kappa shape index (κ1) is 18.5. The van der Waals surface area contributed by atoms with Gasteiger partial charge in [0.05, 0.1) is 12.1 Å². The normalized spacial score (nSPS) is 20.8. The average Bonchev–Trinajstić information content (AvgIpc) is 3.12. The number of aromatic nitrogens is 3. The minimum Gasteiger partial charge on any atom is -0.419 e. The summed E-state index contributed by atoms with van der Waals surface area (Å²) in [7, 11) is 0. The Balaban J connectivity index is 1.57. The molecule has 3 rings (SSSR count). The molecule has 0 radical (unpaired) electrons. The maximum Gasteiger partial charge on any atom is 0.249 e. The van der Waals surface area contributed by atoms with Crippen LogP contribution < -0.4 is 5.32 Å². The van der Waals surface area contributed by atoms with Crippen molar-refractivity contribution in [2.45, 2.75) is 52.1 Å². The Kier molecular flexibility index (Phi) is 6.33. The molecule has 1 aliphatic rings. The number of pyridine rings is 1. The molecule has 3 heterocycles. The summed E-state index contributed by atoms with van der Waals surface area (Å²) in [6, 6.07) is 4.02. The molecular weight excluding hydrogens is 330 g/mol. The highest BCUT2D eigenvalue weighted by atomic mass is 16.4. The van der Waals surface area contributed by atoms with Gasteiger partial charge in [-0.3, -0.25) is 14.7 Å². The molecule has 2 atom stereocenters. The molecule has 0 unspecified atom stereocenters. The van der Waals surface area contributed by atoms with Gasteiger partial charge in [0.25, 0.3) is 0 Å². The van der Waals surface area contributed by atoms with Gasteiger partial charge in [0.2, 0.25) is 17.7 Å². The summed E-state index contributed by atoms with van der Waals surface area (Å²) in [4.78, 5) is 18.3. The Bertz CT molecular complexity index is 703. The van der Waals surface area contributed by atoms with Crippen LogP contribution in [-0.4, -0.2) is 45.1 Å². The molecule has 1 amide bonds. The van der Waals surface area contributed by atoms with E-state index in [0.29, 0.717) is 30.7 Å². The van der Waals surface area contributed by atoms with Gasteiger partial charge in [-0.15, -0.1) is 10.2 Å². The van der Waals surface area contributed by atoms with Crippen molar-refractivity contribution >= 4 is 5.91 Å². The lowest BCUT2D eigenvalue weighted by atomic mass is 9.89. The lowest BCUT2D eigenvalue weighted by Gasteiger charge is -2.38. The highest BCUT2D eigenvalue weighted by Gasteiger charge is 2.29. The molecule has 0 aromatic carbocycles. The molecule has 1 saturated heterocycles. The second-order valence-electron chi connectivity index (χ2n) is 6.86. The van der Waals surface area contributed by atoms with Crippen LogP contribution in [0.3, 0.4) is 0 Å². The summed E-state index contributed by atoms with van der Waals surface area (Å²) in [5.41, 5.74) is 0.829. The molecule has 1 N–H and O–H groups in total. The Morgan fingerprint density at radius 3 is 3.00 bits per heavy atom. The van der Waals surface area contributed by atoms with E-state index in [9.17, 15) is 4.79 Å². The summed E-state index contributed by atoms with van der Waals surface area (Å²) in [5.74, 6) is 1.74. The zero-order chi connectivity index (χ0) is 18.4. The van der Waals surface area contributed by atoms with Crippen LogP contribution >= 0.6 is 0 Å². The van der Waals surface area contributed by atoms with Crippen LogP contribution in [0.5, 0.6) is 0 Å². The minimum atomic E-state index is 0.169.